The van der Waals surface area contributed by atoms with E-state index in [1.54, 1.807) is 6.07 Å². The van der Waals surface area contributed by atoms with Gasteiger partial charge in [-0.05, 0) is 29.7 Å². The van der Waals surface area contributed by atoms with Crippen LogP contribution in [-0.4, -0.2) is 40.0 Å². The molecule has 2 aromatic rings. The van der Waals surface area contributed by atoms with Crippen molar-refractivity contribution < 1.29 is 29.6 Å². The van der Waals surface area contributed by atoms with Gasteiger partial charge < -0.3 is 25.4 Å². The minimum absolute atomic E-state index is 0.0245. The first-order valence-corrected chi connectivity index (χ1v) is 9.01. The van der Waals surface area contributed by atoms with Crippen molar-refractivity contribution in [1.29, 1.82) is 0 Å². The molecule has 0 spiro atoms. The predicted octanol–water partition coefficient (Wildman–Crippen LogP) is 2.86. The molecule has 2 rings (SSSR count). The summed E-state index contributed by atoms with van der Waals surface area (Å²) in [7, 11) is 0. The Morgan fingerprint density at radius 2 is 1.81 bits per heavy atom. The number of carbonyl (C=O) groups excluding carboxylic acids is 1. The zero-order valence-electron chi connectivity index (χ0n) is 14.3. The van der Waals surface area contributed by atoms with Crippen LogP contribution in [0.3, 0.4) is 0 Å². The number of alkyl carbamates (subject to hydrolysis) is 1. The van der Waals surface area contributed by atoms with Crippen LogP contribution in [0.4, 0.5) is 4.79 Å². The number of halogens is 1. The number of carboxylic acid groups (broad SMARTS) is 1. The third-order valence-electron chi connectivity index (χ3n) is 3.85. The monoisotopic (exact) mass is 437 g/mol. The number of amides is 1. The second kappa shape index (κ2) is 10.1. The molecule has 7 nitrogen and oxygen atoms in total. The summed E-state index contributed by atoms with van der Waals surface area (Å²) in [5.41, 5.74) is 0.843. The standard InChI is InChI=1S/C19H20BrNO6/c20-13-6-7-14(15(10-13)18(24)25)17(23)16(22)8-9-21-19(26)27-11-12-4-2-1-3-5-12/h1-7,10,16-17,22-23H,8-9,11H2,(H,21,26)(H,24,25). The van der Waals surface area contributed by atoms with Crippen LogP contribution in [0.5, 0.6) is 0 Å². The summed E-state index contributed by atoms with van der Waals surface area (Å²) in [5.74, 6) is -1.21. The highest BCUT2D eigenvalue weighted by Gasteiger charge is 2.24. The number of ether oxygens (including phenoxy) is 1. The Labute approximate surface area is 164 Å². The predicted molar refractivity (Wildman–Crippen MR) is 101 cm³/mol. The van der Waals surface area contributed by atoms with E-state index in [1.807, 2.05) is 30.3 Å². The highest BCUT2D eigenvalue weighted by Crippen LogP contribution is 2.25. The van der Waals surface area contributed by atoms with Crippen LogP contribution >= 0.6 is 15.9 Å². The summed E-state index contributed by atoms with van der Waals surface area (Å²) in [5, 5.41) is 32.1. The molecule has 0 radical (unpaired) electrons. The highest BCUT2D eigenvalue weighted by atomic mass is 79.9. The van der Waals surface area contributed by atoms with Crippen LogP contribution in [0, 0.1) is 0 Å². The Hall–Kier alpha value is -2.42. The second-order valence-corrected chi connectivity index (χ2v) is 6.74. The lowest BCUT2D eigenvalue weighted by Gasteiger charge is -2.20. The Morgan fingerprint density at radius 1 is 1.11 bits per heavy atom. The maximum absolute atomic E-state index is 11.7. The summed E-state index contributed by atoms with van der Waals surface area (Å²) in [6, 6.07) is 13.5. The summed E-state index contributed by atoms with van der Waals surface area (Å²) in [4.78, 5) is 23.0. The number of aliphatic hydroxyl groups excluding tert-OH is 2. The Balaban J connectivity index is 1.82. The molecule has 8 heteroatoms. The fraction of sp³-hybridized carbons (Fsp3) is 0.263. The molecule has 144 valence electrons. The van der Waals surface area contributed by atoms with Gasteiger partial charge in [0.25, 0.3) is 0 Å². The summed E-state index contributed by atoms with van der Waals surface area (Å²) < 4.78 is 5.59. The number of carboxylic acids is 1. The van der Waals surface area contributed by atoms with Crippen LogP contribution in [0.25, 0.3) is 0 Å². The number of benzene rings is 2. The minimum atomic E-state index is -1.40. The van der Waals surface area contributed by atoms with E-state index < -0.39 is 24.3 Å². The van der Waals surface area contributed by atoms with Crippen molar-refractivity contribution in [3.05, 3.63) is 69.7 Å². The lowest BCUT2D eigenvalue weighted by atomic mass is 9.97. The van der Waals surface area contributed by atoms with E-state index in [0.717, 1.165) is 5.56 Å². The summed E-state index contributed by atoms with van der Waals surface area (Å²) in [6.45, 7) is 0.184. The van der Waals surface area contributed by atoms with Crippen molar-refractivity contribution in [2.75, 3.05) is 6.54 Å². The highest BCUT2D eigenvalue weighted by molar-refractivity contribution is 9.10. The average Bonchev–Trinajstić information content (AvgIpc) is 2.66. The molecule has 0 aliphatic rings. The smallest absolute Gasteiger partial charge is 0.407 e. The SMILES string of the molecule is O=C(NCCC(O)C(O)c1ccc(Br)cc1C(=O)O)OCc1ccccc1. The number of nitrogens with one attached hydrogen (secondary N) is 1. The van der Waals surface area contributed by atoms with Gasteiger partial charge in [-0.1, -0.05) is 52.3 Å². The lowest BCUT2D eigenvalue weighted by Crippen LogP contribution is -2.30. The van der Waals surface area contributed by atoms with Crippen LogP contribution in [0.1, 0.15) is 34.0 Å². The van der Waals surface area contributed by atoms with Gasteiger partial charge in [-0.3, -0.25) is 0 Å². The Morgan fingerprint density at radius 3 is 2.48 bits per heavy atom. The quantitative estimate of drug-likeness (QED) is 0.504. The molecule has 0 aliphatic carbocycles. The number of aliphatic hydroxyl groups is 2. The molecular weight excluding hydrogens is 418 g/mol. The molecule has 0 fully saturated rings. The van der Waals surface area contributed by atoms with Crippen molar-refractivity contribution in [1.82, 2.24) is 5.32 Å². The van der Waals surface area contributed by atoms with Crippen molar-refractivity contribution in [3.63, 3.8) is 0 Å². The van der Waals surface area contributed by atoms with E-state index in [9.17, 15) is 24.9 Å². The molecule has 27 heavy (non-hydrogen) atoms. The molecular formula is C19H20BrNO6. The molecule has 4 N–H and O–H groups in total. The average molecular weight is 438 g/mol. The van der Waals surface area contributed by atoms with Gasteiger partial charge >= 0.3 is 12.1 Å². The van der Waals surface area contributed by atoms with Crippen LogP contribution in [0.2, 0.25) is 0 Å². The number of rotatable bonds is 8. The number of hydrogen-bond donors (Lipinski definition) is 4. The van der Waals surface area contributed by atoms with E-state index in [-0.39, 0.29) is 30.7 Å². The van der Waals surface area contributed by atoms with Gasteiger partial charge in [-0.25, -0.2) is 9.59 Å². The maximum atomic E-state index is 11.7. The van der Waals surface area contributed by atoms with Crippen LogP contribution < -0.4 is 5.32 Å². The van der Waals surface area contributed by atoms with Crippen molar-refractivity contribution >= 4 is 28.0 Å². The van der Waals surface area contributed by atoms with E-state index in [0.29, 0.717) is 4.47 Å². The molecule has 0 saturated heterocycles. The molecule has 2 aromatic carbocycles. The fourth-order valence-electron chi connectivity index (χ4n) is 2.43. The maximum Gasteiger partial charge on any atom is 0.407 e. The van der Waals surface area contributed by atoms with Crippen LogP contribution in [0.15, 0.2) is 53.0 Å². The first-order valence-electron chi connectivity index (χ1n) is 8.22. The molecule has 2 unspecified atom stereocenters. The summed E-state index contributed by atoms with van der Waals surface area (Å²) in [6.07, 6.45) is -3.27. The third-order valence-corrected chi connectivity index (χ3v) is 4.34. The fourth-order valence-corrected chi connectivity index (χ4v) is 2.79. The molecule has 0 heterocycles. The van der Waals surface area contributed by atoms with E-state index in [4.69, 9.17) is 4.74 Å². The zero-order chi connectivity index (χ0) is 19.8. The second-order valence-electron chi connectivity index (χ2n) is 5.83. The molecule has 0 aliphatic heterocycles. The molecule has 2 atom stereocenters. The van der Waals surface area contributed by atoms with Gasteiger partial charge in [-0.2, -0.15) is 0 Å². The van der Waals surface area contributed by atoms with Gasteiger partial charge in [0.15, 0.2) is 0 Å². The van der Waals surface area contributed by atoms with Crippen molar-refractivity contribution in [2.24, 2.45) is 0 Å². The largest absolute Gasteiger partial charge is 0.478 e. The minimum Gasteiger partial charge on any atom is -0.478 e. The van der Waals surface area contributed by atoms with Gasteiger partial charge in [0, 0.05) is 11.0 Å². The number of aromatic carboxylic acids is 1. The number of hydrogen-bond acceptors (Lipinski definition) is 5. The normalized spacial score (nSPS) is 12.9. The number of carbonyl (C=O) groups is 2. The van der Waals surface area contributed by atoms with Gasteiger partial charge in [0.2, 0.25) is 0 Å². The van der Waals surface area contributed by atoms with Crippen molar-refractivity contribution in [2.45, 2.75) is 25.2 Å². The topological polar surface area (TPSA) is 116 Å². The first-order chi connectivity index (χ1) is 12.9. The van der Waals surface area contributed by atoms with E-state index in [2.05, 4.69) is 21.2 Å². The molecule has 1 amide bonds. The van der Waals surface area contributed by atoms with Crippen molar-refractivity contribution in [3.8, 4) is 0 Å². The molecule has 0 bridgehead atoms. The lowest BCUT2D eigenvalue weighted by molar-refractivity contribution is 0.0127. The third kappa shape index (κ3) is 6.35. The molecule has 0 aromatic heterocycles. The Kier molecular flexibility index (Phi) is 7.78. The van der Waals surface area contributed by atoms with E-state index >= 15 is 0 Å². The Bertz CT molecular complexity index is 783. The zero-order valence-corrected chi connectivity index (χ0v) is 15.9. The van der Waals surface area contributed by atoms with Gasteiger partial charge in [0.1, 0.15) is 12.7 Å². The first kappa shape index (κ1) is 20.9. The molecule has 0 saturated carbocycles. The van der Waals surface area contributed by atoms with Crippen LogP contribution in [-0.2, 0) is 11.3 Å². The van der Waals surface area contributed by atoms with Gasteiger partial charge in [0.05, 0.1) is 11.7 Å². The van der Waals surface area contributed by atoms with E-state index in [1.165, 1.54) is 12.1 Å². The summed E-state index contributed by atoms with van der Waals surface area (Å²) >= 11 is 3.17. The van der Waals surface area contributed by atoms with Gasteiger partial charge in [-0.15, -0.1) is 0 Å².